The Labute approximate surface area is 162 Å². The predicted octanol–water partition coefficient (Wildman–Crippen LogP) is 4.35. The van der Waals surface area contributed by atoms with Crippen LogP contribution in [0.2, 0.25) is 0 Å². The zero-order chi connectivity index (χ0) is 18.8. The van der Waals surface area contributed by atoms with Crippen molar-refractivity contribution in [2.24, 2.45) is 0 Å². The maximum absolute atomic E-state index is 13.4. The third kappa shape index (κ3) is 5.10. The van der Waals surface area contributed by atoms with Gasteiger partial charge in [0.05, 0.1) is 0 Å². The lowest BCUT2D eigenvalue weighted by Gasteiger charge is -2.17. The summed E-state index contributed by atoms with van der Waals surface area (Å²) in [7, 11) is -3.92. The quantitative estimate of drug-likeness (QED) is 0.650. The van der Waals surface area contributed by atoms with Gasteiger partial charge in [0.2, 0.25) is 15.9 Å². The summed E-state index contributed by atoms with van der Waals surface area (Å²) in [6.07, 6.45) is 0. The SMILES string of the molecule is CC(=O)Nc1cccc(C(C)NS(=O)(=O)c2c(Br)cc(F)cc2Br)c1. The number of hydrogen-bond acceptors (Lipinski definition) is 3. The normalized spacial score (nSPS) is 12.7. The summed E-state index contributed by atoms with van der Waals surface area (Å²) in [5.74, 6) is -0.779. The molecular weight excluding hydrogens is 479 g/mol. The van der Waals surface area contributed by atoms with Crippen LogP contribution in [0.1, 0.15) is 25.5 Å². The number of benzene rings is 2. The summed E-state index contributed by atoms with van der Waals surface area (Å²) in [6, 6.07) is 8.45. The minimum atomic E-state index is -3.92. The van der Waals surface area contributed by atoms with E-state index in [1.165, 1.54) is 6.92 Å². The molecule has 0 aliphatic carbocycles. The fourth-order valence-corrected chi connectivity index (χ4v) is 5.99. The second kappa shape index (κ2) is 7.94. The Morgan fingerprint density at radius 2 is 1.76 bits per heavy atom. The molecule has 0 saturated heterocycles. The molecular formula is C16H15Br2FN2O3S. The number of sulfonamides is 1. The fraction of sp³-hybridized carbons (Fsp3) is 0.188. The highest BCUT2D eigenvalue weighted by Crippen LogP contribution is 2.32. The van der Waals surface area contributed by atoms with E-state index in [0.29, 0.717) is 11.3 Å². The number of nitrogens with one attached hydrogen (secondary N) is 2. The number of amides is 1. The van der Waals surface area contributed by atoms with Gasteiger partial charge in [0.15, 0.2) is 0 Å². The molecule has 0 radical (unpaired) electrons. The molecule has 25 heavy (non-hydrogen) atoms. The van der Waals surface area contributed by atoms with Crippen LogP contribution in [0.15, 0.2) is 50.2 Å². The van der Waals surface area contributed by atoms with Gasteiger partial charge in [-0.15, -0.1) is 0 Å². The van der Waals surface area contributed by atoms with Crippen LogP contribution in [0.4, 0.5) is 10.1 Å². The first-order valence-corrected chi connectivity index (χ1v) is 10.2. The Hall–Kier alpha value is -1.29. The van der Waals surface area contributed by atoms with Gasteiger partial charge < -0.3 is 5.32 Å². The number of rotatable bonds is 5. The molecule has 0 fully saturated rings. The summed E-state index contributed by atoms with van der Waals surface area (Å²) < 4.78 is 41.5. The van der Waals surface area contributed by atoms with Crippen LogP contribution in [-0.4, -0.2) is 14.3 Å². The maximum Gasteiger partial charge on any atom is 0.243 e. The Balaban J connectivity index is 2.31. The minimum absolute atomic E-state index is 0.0845. The minimum Gasteiger partial charge on any atom is -0.326 e. The molecule has 0 heterocycles. The monoisotopic (exact) mass is 492 g/mol. The van der Waals surface area contributed by atoms with E-state index in [0.717, 1.165) is 12.1 Å². The average Bonchev–Trinajstić information content (AvgIpc) is 2.44. The topological polar surface area (TPSA) is 75.3 Å². The van der Waals surface area contributed by atoms with Crippen LogP contribution < -0.4 is 10.0 Å². The summed E-state index contributed by atoms with van der Waals surface area (Å²) in [5, 5.41) is 2.65. The molecule has 0 saturated carbocycles. The maximum atomic E-state index is 13.4. The van der Waals surface area contributed by atoms with Gasteiger partial charge in [-0.05, 0) is 68.6 Å². The number of halogens is 3. The van der Waals surface area contributed by atoms with Gasteiger partial charge in [0.25, 0.3) is 0 Å². The first-order chi connectivity index (χ1) is 11.6. The molecule has 2 aromatic carbocycles. The van der Waals surface area contributed by atoms with Crippen molar-refractivity contribution in [1.29, 1.82) is 0 Å². The van der Waals surface area contributed by atoms with E-state index in [1.54, 1.807) is 31.2 Å². The van der Waals surface area contributed by atoms with Crippen molar-refractivity contribution in [2.75, 3.05) is 5.32 Å². The zero-order valence-electron chi connectivity index (χ0n) is 13.3. The van der Waals surface area contributed by atoms with E-state index in [1.807, 2.05) is 0 Å². The molecule has 0 bridgehead atoms. The average molecular weight is 494 g/mol. The van der Waals surface area contributed by atoms with Gasteiger partial charge in [-0.3, -0.25) is 4.79 Å². The van der Waals surface area contributed by atoms with E-state index < -0.39 is 21.9 Å². The van der Waals surface area contributed by atoms with E-state index in [4.69, 9.17) is 0 Å². The van der Waals surface area contributed by atoms with Gasteiger partial charge in [-0.2, -0.15) is 0 Å². The van der Waals surface area contributed by atoms with E-state index >= 15 is 0 Å². The second-order valence-corrected chi connectivity index (χ2v) is 8.71. The summed E-state index contributed by atoms with van der Waals surface area (Å²) in [4.78, 5) is 11.1. The lowest BCUT2D eigenvalue weighted by Crippen LogP contribution is -2.27. The molecule has 2 aromatic rings. The number of hydrogen-bond donors (Lipinski definition) is 2. The largest absolute Gasteiger partial charge is 0.326 e. The van der Waals surface area contributed by atoms with Crippen LogP contribution in [0.25, 0.3) is 0 Å². The van der Waals surface area contributed by atoms with Crippen molar-refractivity contribution in [2.45, 2.75) is 24.8 Å². The molecule has 0 aliphatic rings. The molecule has 134 valence electrons. The Morgan fingerprint density at radius 3 is 2.32 bits per heavy atom. The van der Waals surface area contributed by atoms with Crippen LogP contribution in [0, 0.1) is 5.82 Å². The number of carbonyl (C=O) groups is 1. The zero-order valence-corrected chi connectivity index (χ0v) is 17.3. The van der Waals surface area contributed by atoms with Gasteiger partial charge in [0, 0.05) is 27.6 Å². The van der Waals surface area contributed by atoms with Crippen molar-refractivity contribution in [3.8, 4) is 0 Å². The van der Waals surface area contributed by atoms with Crippen LogP contribution in [-0.2, 0) is 14.8 Å². The first kappa shape index (κ1) is 20.0. The molecule has 0 spiro atoms. The van der Waals surface area contributed by atoms with Crippen molar-refractivity contribution < 1.29 is 17.6 Å². The summed E-state index contributed by atoms with van der Waals surface area (Å²) in [6.45, 7) is 3.07. The van der Waals surface area contributed by atoms with Crippen LogP contribution in [0.3, 0.4) is 0 Å². The summed E-state index contributed by atoms with van der Waals surface area (Å²) in [5.41, 5.74) is 1.24. The van der Waals surface area contributed by atoms with E-state index in [2.05, 4.69) is 41.9 Å². The third-order valence-corrected chi connectivity index (χ3v) is 6.69. The van der Waals surface area contributed by atoms with Gasteiger partial charge in [-0.1, -0.05) is 12.1 Å². The van der Waals surface area contributed by atoms with Crippen LogP contribution in [0.5, 0.6) is 0 Å². The third-order valence-electron chi connectivity index (χ3n) is 3.27. The number of anilines is 1. The molecule has 0 aromatic heterocycles. The molecule has 1 amide bonds. The second-order valence-electron chi connectivity index (χ2n) is 5.35. The smallest absolute Gasteiger partial charge is 0.243 e. The Morgan fingerprint density at radius 1 is 1.16 bits per heavy atom. The Bertz CT molecular complexity index is 896. The van der Waals surface area contributed by atoms with E-state index in [9.17, 15) is 17.6 Å². The van der Waals surface area contributed by atoms with Gasteiger partial charge in [0.1, 0.15) is 10.7 Å². The van der Waals surface area contributed by atoms with Crippen molar-refractivity contribution in [3.63, 3.8) is 0 Å². The molecule has 1 unspecified atom stereocenters. The summed E-state index contributed by atoms with van der Waals surface area (Å²) >= 11 is 6.16. The van der Waals surface area contributed by atoms with Crippen molar-refractivity contribution in [3.05, 3.63) is 56.7 Å². The van der Waals surface area contributed by atoms with Gasteiger partial charge >= 0.3 is 0 Å². The van der Waals surface area contributed by atoms with Crippen molar-refractivity contribution in [1.82, 2.24) is 4.72 Å². The molecule has 1 atom stereocenters. The highest BCUT2D eigenvalue weighted by Gasteiger charge is 2.24. The lowest BCUT2D eigenvalue weighted by molar-refractivity contribution is -0.114. The van der Waals surface area contributed by atoms with Crippen LogP contribution >= 0.6 is 31.9 Å². The predicted molar refractivity (Wildman–Crippen MR) is 101 cm³/mol. The highest BCUT2D eigenvalue weighted by molar-refractivity contribution is 9.11. The Kier molecular flexibility index (Phi) is 6.36. The van der Waals surface area contributed by atoms with E-state index in [-0.39, 0.29) is 19.7 Å². The highest BCUT2D eigenvalue weighted by atomic mass is 79.9. The fourth-order valence-electron chi connectivity index (χ4n) is 2.23. The molecule has 0 aliphatic heterocycles. The molecule has 2 rings (SSSR count). The first-order valence-electron chi connectivity index (χ1n) is 7.14. The van der Waals surface area contributed by atoms with Gasteiger partial charge in [-0.25, -0.2) is 17.5 Å². The molecule has 5 nitrogen and oxygen atoms in total. The number of carbonyl (C=O) groups excluding carboxylic acids is 1. The van der Waals surface area contributed by atoms with Crippen molar-refractivity contribution >= 4 is 53.5 Å². The molecule has 2 N–H and O–H groups in total. The lowest BCUT2D eigenvalue weighted by atomic mass is 10.1. The molecule has 9 heteroatoms. The standard InChI is InChI=1S/C16H15Br2FN2O3S/c1-9(11-4-3-5-13(6-11)20-10(2)22)21-25(23,24)16-14(17)7-12(19)8-15(16)18/h3-9,21H,1-2H3,(H,20,22).